The van der Waals surface area contributed by atoms with E-state index in [9.17, 15) is 14.9 Å². The van der Waals surface area contributed by atoms with Gasteiger partial charge in [0.2, 0.25) is 5.91 Å². The third kappa shape index (κ3) is 3.71. The summed E-state index contributed by atoms with van der Waals surface area (Å²) in [5.74, 6) is -0.0305. The smallest absolute Gasteiger partial charge is 0.269 e. The first kappa shape index (κ1) is 16.0. The Balaban J connectivity index is 1.69. The van der Waals surface area contributed by atoms with Crippen LogP contribution in [0.3, 0.4) is 0 Å². The van der Waals surface area contributed by atoms with Crippen LogP contribution in [0.15, 0.2) is 48.7 Å². The Labute approximate surface area is 140 Å². The molecule has 1 fully saturated rings. The highest BCUT2D eigenvalue weighted by Gasteiger charge is 2.31. The first-order valence-electron chi connectivity index (χ1n) is 7.88. The maximum atomic E-state index is 12.5. The van der Waals surface area contributed by atoms with Gasteiger partial charge in [-0.05, 0) is 48.7 Å². The summed E-state index contributed by atoms with van der Waals surface area (Å²) >= 11 is 0. The molecule has 1 aromatic carbocycles. The quantitative estimate of drug-likeness (QED) is 0.465. The molecule has 6 heteroatoms. The fraction of sp³-hybridized carbons (Fsp3) is 0.278. The summed E-state index contributed by atoms with van der Waals surface area (Å²) in [5.41, 5.74) is 1.91. The minimum absolute atomic E-state index is 0.0305. The molecule has 1 heterocycles. The summed E-state index contributed by atoms with van der Waals surface area (Å²) in [5, 5.41) is 10.7. The van der Waals surface area contributed by atoms with Crippen molar-refractivity contribution in [3.63, 3.8) is 0 Å². The Bertz CT molecular complexity index is 773. The number of aryl methyl sites for hydroxylation is 1. The highest BCUT2D eigenvalue weighted by Crippen LogP contribution is 2.28. The number of non-ortho nitro benzene ring substituents is 1. The average molecular weight is 325 g/mol. The van der Waals surface area contributed by atoms with Gasteiger partial charge in [0.05, 0.1) is 11.5 Å². The summed E-state index contributed by atoms with van der Waals surface area (Å²) in [6, 6.07) is 10.5. The van der Waals surface area contributed by atoms with Crippen LogP contribution in [0, 0.1) is 10.1 Å². The lowest BCUT2D eigenvalue weighted by atomic mass is 10.2. The van der Waals surface area contributed by atoms with E-state index in [2.05, 4.69) is 0 Å². The van der Waals surface area contributed by atoms with Crippen molar-refractivity contribution in [2.24, 2.45) is 7.05 Å². The molecule has 3 rings (SSSR count). The van der Waals surface area contributed by atoms with Gasteiger partial charge in [0.1, 0.15) is 0 Å². The molecule has 0 unspecified atom stereocenters. The van der Waals surface area contributed by atoms with Gasteiger partial charge in [0.15, 0.2) is 0 Å². The van der Waals surface area contributed by atoms with Crippen LogP contribution in [0.5, 0.6) is 0 Å². The first-order valence-corrected chi connectivity index (χ1v) is 7.88. The molecule has 124 valence electrons. The Morgan fingerprint density at radius 3 is 2.58 bits per heavy atom. The molecule has 0 aliphatic heterocycles. The number of aromatic nitrogens is 1. The number of nitro benzene ring substituents is 1. The van der Waals surface area contributed by atoms with Crippen molar-refractivity contribution in [1.82, 2.24) is 9.47 Å². The molecule has 0 bridgehead atoms. The highest BCUT2D eigenvalue weighted by atomic mass is 16.6. The fourth-order valence-corrected chi connectivity index (χ4v) is 2.58. The molecular weight excluding hydrogens is 306 g/mol. The minimum atomic E-state index is -0.437. The van der Waals surface area contributed by atoms with Crippen LogP contribution in [0.4, 0.5) is 5.69 Å². The van der Waals surface area contributed by atoms with E-state index in [4.69, 9.17) is 0 Å². The molecule has 0 saturated heterocycles. The monoisotopic (exact) mass is 325 g/mol. The van der Waals surface area contributed by atoms with Gasteiger partial charge < -0.3 is 9.47 Å². The maximum absolute atomic E-state index is 12.5. The Morgan fingerprint density at radius 1 is 1.33 bits per heavy atom. The zero-order valence-electron chi connectivity index (χ0n) is 13.5. The van der Waals surface area contributed by atoms with Crippen molar-refractivity contribution in [3.05, 3.63) is 70.0 Å². The molecule has 1 amide bonds. The van der Waals surface area contributed by atoms with Crippen molar-refractivity contribution in [2.75, 3.05) is 0 Å². The molecule has 0 radical (unpaired) electrons. The van der Waals surface area contributed by atoms with E-state index in [0.29, 0.717) is 12.6 Å². The summed E-state index contributed by atoms with van der Waals surface area (Å²) in [4.78, 5) is 24.6. The van der Waals surface area contributed by atoms with Gasteiger partial charge in [-0.1, -0.05) is 0 Å². The third-order valence-corrected chi connectivity index (χ3v) is 4.18. The number of amides is 1. The van der Waals surface area contributed by atoms with Gasteiger partial charge in [-0.15, -0.1) is 0 Å². The molecule has 6 nitrogen and oxygen atoms in total. The van der Waals surface area contributed by atoms with Gasteiger partial charge in [0.25, 0.3) is 5.69 Å². The maximum Gasteiger partial charge on any atom is 0.269 e. The van der Waals surface area contributed by atoms with Gasteiger partial charge in [-0.3, -0.25) is 14.9 Å². The molecule has 1 aromatic heterocycles. The molecule has 1 aliphatic rings. The number of carbonyl (C=O) groups excluding carboxylic acids is 1. The number of nitrogens with zero attached hydrogens (tertiary/aromatic N) is 3. The summed E-state index contributed by atoms with van der Waals surface area (Å²) in [6.45, 7) is 0.595. The number of hydrogen-bond donors (Lipinski definition) is 0. The largest absolute Gasteiger partial charge is 0.353 e. The zero-order valence-corrected chi connectivity index (χ0v) is 13.5. The van der Waals surface area contributed by atoms with E-state index in [1.54, 1.807) is 24.3 Å². The van der Waals surface area contributed by atoms with Crippen molar-refractivity contribution >= 4 is 17.7 Å². The highest BCUT2D eigenvalue weighted by molar-refractivity contribution is 5.92. The minimum Gasteiger partial charge on any atom is -0.353 e. The molecule has 0 atom stereocenters. The summed E-state index contributed by atoms with van der Waals surface area (Å²) in [6.07, 6.45) is 7.30. The number of hydrogen-bond acceptors (Lipinski definition) is 3. The van der Waals surface area contributed by atoms with E-state index < -0.39 is 4.92 Å². The van der Waals surface area contributed by atoms with Gasteiger partial charge in [0, 0.05) is 43.2 Å². The zero-order chi connectivity index (χ0) is 17.1. The van der Waals surface area contributed by atoms with Crippen molar-refractivity contribution in [1.29, 1.82) is 0 Å². The van der Waals surface area contributed by atoms with Gasteiger partial charge >= 0.3 is 0 Å². The normalized spacial score (nSPS) is 14.0. The Hall–Kier alpha value is -2.89. The lowest BCUT2D eigenvalue weighted by molar-refractivity contribution is -0.384. The second kappa shape index (κ2) is 6.70. The van der Waals surface area contributed by atoms with Gasteiger partial charge in [-0.25, -0.2) is 0 Å². The molecule has 2 aromatic rings. The summed E-state index contributed by atoms with van der Waals surface area (Å²) in [7, 11) is 1.97. The standard InChI is InChI=1S/C18H19N3O3/c1-19-12-2-3-17(19)13-20(15-9-10-15)18(22)11-6-14-4-7-16(8-5-14)21(23)24/h2-8,11-12,15H,9-10,13H2,1H3. The molecule has 0 spiro atoms. The van der Waals surface area contributed by atoms with Crippen molar-refractivity contribution in [2.45, 2.75) is 25.4 Å². The number of carbonyl (C=O) groups is 1. The third-order valence-electron chi connectivity index (χ3n) is 4.18. The van der Waals surface area contributed by atoms with E-state index in [1.807, 2.05) is 34.8 Å². The topological polar surface area (TPSA) is 68.4 Å². The van der Waals surface area contributed by atoms with Crippen LogP contribution in [-0.4, -0.2) is 26.3 Å². The van der Waals surface area contributed by atoms with Crippen LogP contribution < -0.4 is 0 Å². The van der Waals surface area contributed by atoms with Crippen LogP contribution in [0.25, 0.3) is 6.08 Å². The molecular formula is C18H19N3O3. The number of rotatable bonds is 6. The van der Waals surface area contributed by atoms with E-state index >= 15 is 0 Å². The predicted molar refractivity (Wildman–Crippen MR) is 91.1 cm³/mol. The Kier molecular flexibility index (Phi) is 4.46. The van der Waals surface area contributed by atoms with Gasteiger partial charge in [-0.2, -0.15) is 0 Å². The number of benzene rings is 1. The van der Waals surface area contributed by atoms with Crippen molar-refractivity contribution in [3.8, 4) is 0 Å². The first-order chi connectivity index (χ1) is 11.5. The Morgan fingerprint density at radius 2 is 2.04 bits per heavy atom. The fourth-order valence-electron chi connectivity index (χ4n) is 2.58. The SMILES string of the molecule is Cn1cccc1CN(C(=O)C=Cc1ccc([N+](=O)[O-])cc1)C1CC1. The second-order valence-electron chi connectivity index (χ2n) is 5.99. The lowest BCUT2D eigenvalue weighted by Crippen LogP contribution is -2.31. The second-order valence-corrected chi connectivity index (χ2v) is 5.99. The van der Waals surface area contributed by atoms with Crippen LogP contribution in [0.2, 0.25) is 0 Å². The molecule has 1 aliphatic carbocycles. The van der Waals surface area contributed by atoms with E-state index in [-0.39, 0.29) is 11.6 Å². The average Bonchev–Trinajstić information content (AvgIpc) is 3.33. The van der Waals surface area contributed by atoms with Crippen LogP contribution in [-0.2, 0) is 18.4 Å². The predicted octanol–water partition coefficient (Wildman–Crippen LogP) is 3.14. The number of nitro groups is 1. The van der Waals surface area contributed by atoms with E-state index in [1.165, 1.54) is 12.1 Å². The van der Waals surface area contributed by atoms with Crippen molar-refractivity contribution < 1.29 is 9.72 Å². The molecule has 0 N–H and O–H groups in total. The van der Waals surface area contributed by atoms with Crippen LogP contribution >= 0.6 is 0 Å². The van der Waals surface area contributed by atoms with E-state index in [0.717, 1.165) is 24.1 Å². The lowest BCUT2D eigenvalue weighted by Gasteiger charge is -2.21. The summed E-state index contributed by atoms with van der Waals surface area (Å²) < 4.78 is 2.02. The molecule has 24 heavy (non-hydrogen) atoms. The molecule has 1 saturated carbocycles. The van der Waals surface area contributed by atoms with Crippen LogP contribution in [0.1, 0.15) is 24.1 Å².